The minimum Gasteiger partial charge on any atom is -0.334 e. The summed E-state index contributed by atoms with van der Waals surface area (Å²) in [6, 6.07) is 5.03. The molecule has 0 radical (unpaired) electrons. The zero-order valence-electron chi connectivity index (χ0n) is 8.94. The van der Waals surface area contributed by atoms with Crippen LogP contribution in [-0.4, -0.2) is 18.4 Å². The van der Waals surface area contributed by atoms with Crippen LogP contribution in [-0.2, 0) is 10.0 Å². The first-order valence-electron chi connectivity index (χ1n) is 4.77. The largest absolute Gasteiger partial charge is 0.334 e. The Kier molecular flexibility index (Phi) is 3.08. The maximum atomic E-state index is 11.9. The van der Waals surface area contributed by atoms with Gasteiger partial charge in [-0.25, -0.2) is 4.98 Å². The molecule has 0 fully saturated rings. The number of nitrogens with zero attached hydrogens (tertiary/aromatic N) is 1. The van der Waals surface area contributed by atoms with Crippen molar-refractivity contribution in [1.82, 2.24) is 9.97 Å². The molecule has 90 valence electrons. The molecule has 0 unspecified atom stereocenters. The first-order valence-corrected chi connectivity index (χ1v) is 6.63. The Bertz CT molecular complexity index is 623. The van der Waals surface area contributed by atoms with E-state index in [4.69, 9.17) is 11.6 Å². The quantitative estimate of drug-likeness (QED) is 0.898. The fraction of sp³-hybridized carbons (Fsp3) is 0.100. The monoisotopic (exact) mass is 271 g/mol. The van der Waals surface area contributed by atoms with Crippen LogP contribution in [0.3, 0.4) is 0 Å². The van der Waals surface area contributed by atoms with Crippen LogP contribution in [0, 0.1) is 6.92 Å². The third kappa shape index (κ3) is 2.42. The highest BCUT2D eigenvalue weighted by molar-refractivity contribution is 7.92. The van der Waals surface area contributed by atoms with Crippen molar-refractivity contribution >= 4 is 27.3 Å². The van der Waals surface area contributed by atoms with Gasteiger partial charge in [0, 0.05) is 5.02 Å². The fourth-order valence-electron chi connectivity index (χ4n) is 1.31. The molecule has 2 N–H and O–H groups in total. The Hall–Kier alpha value is -1.53. The normalized spacial score (nSPS) is 11.4. The number of aromatic nitrogens is 2. The van der Waals surface area contributed by atoms with Crippen molar-refractivity contribution in [1.29, 1.82) is 0 Å². The number of hydrogen-bond acceptors (Lipinski definition) is 3. The molecule has 7 heteroatoms. The van der Waals surface area contributed by atoms with Gasteiger partial charge in [0.15, 0.2) is 5.03 Å². The first-order chi connectivity index (χ1) is 8.00. The number of benzene rings is 1. The molecule has 0 amide bonds. The third-order valence-electron chi connectivity index (χ3n) is 2.27. The Balaban J connectivity index is 2.37. The predicted molar refractivity (Wildman–Crippen MR) is 65.6 cm³/mol. The highest BCUT2D eigenvalue weighted by atomic mass is 35.5. The molecule has 0 aliphatic carbocycles. The van der Waals surface area contributed by atoms with E-state index in [1.807, 2.05) is 0 Å². The number of H-pyrrole nitrogens is 1. The summed E-state index contributed by atoms with van der Waals surface area (Å²) in [5.41, 5.74) is 1.13. The molecular weight excluding hydrogens is 262 g/mol. The van der Waals surface area contributed by atoms with Gasteiger partial charge in [0.05, 0.1) is 18.2 Å². The molecule has 1 aromatic carbocycles. The summed E-state index contributed by atoms with van der Waals surface area (Å²) in [5, 5.41) is 0.520. The second-order valence-corrected chi connectivity index (χ2v) is 5.49. The van der Waals surface area contributed by atoms with Crippen molar-refractivity contribution in [2.45, 2.75) is 11.9 Å². The lowest BCUT2D eigenvalue weighted by Crippen LogP contribution is -2.14. The maximum Gasteiger partial charge on any atom is 0.278 e. The second kappa shape index (κ2) is 4.38. The van der Waals surface area contributed by atoms with Gasteiger partial charge in [0.1, 0.15) is 0 Å². The van der Waals surface area contributed by atoms with Crippen molar-refractivity contribution in [2.75, 3.05) is 4.72 Å². The van der Waals surface area contributed by atoms with Crippen LogP contribution in [0.2, 0.25) is 5.02 Å². The molecule has 0 atom stereocenters. The van der Waals surface area contributed by atoms with E-state index in [1.54, 1.807) is 25.1 Å². The summed E-state index contributed by atoms with van der Waals surface area (Å²) >= 11 is 5.91. The highest BCUT2D eigenvalue weighted by Crippen LogP contribution is 2.24. The summed E-state index contributed by atoms with van der Waals surface area (Å²) < 4.78 is 26.2. The van der Waals surface area contributed by atoms with E-state index in [-0.39, 0.29) is 5.03 Å². The Morgan fingerprint density at radius 3 is 2.82 bits per heavy atom. The van der Waals surface area contributed by atoms with Crippen LogP contribution >= 0.6 is 11.6 Å². The number of halogens is 1. The van der Waals surface area contributed by atoms with E-state index in [2.05, 4.69) is 14.7 Å². The van der Waals surface area contributed by atoms with Gasteiger partial charge in [-0.05, 0) is 24.6 Å². The Morgan fingerprint density at radius 1 is 1.41 bits per heavy atom. The summed E-state index contributed by atoms with van der Waals surface area (Å²) in [4.78, 5) is 6.21. The summed E-state index contributed by atoms with van der Waals surface area (Å²) in [5.74, 6) is 0. The van der Waals surface area contributed by atoms with Crippen molar-refractivity contribution < 1.29 is 8.42 Å². The van der Waals surface area contributed by atoms with Gasteiger partial charge >= 0.3 is 0 Å². The standard InChI is InChI=1S/C10H10ClN3O2S/c1-7-8(11)3-2-4-9(7)14-17(15,16)10-5-12-6-13-10/h2-6,14H,1H3,(H,12,13). The average Bonchev–Trinajstić information content (AvgIpc) is 2.78. The smallest absolute Gasteiger partial charge is 0.278 e. The minimum atomic E-state index is -3.64. The SMILES string of the molecule is Cc1c(Cl)cccc1NS(=O)(=O)c1cnc[nH]1. The first kappa shape index (κ1) is 11.9. The maximum absolute atomic E-state index is 11.9. The fourth-order valence-corrected chi connectivity index (χ4v) is 2.51. The van der Waals surface area contributed by atoms with Gasteiger partial charge in [-0.15, -0.1) is 0 Å². The molecule has 5 nitrogen and oxygen atoms in total. The highest BCUT2D eigenvalue weighted by Gasteiger charge is 2.16. The third-order valence-corrected chi connectivity index (χ3v) is 3.98. The van der Waals surface area contributed by atoms with Gasteiger partial charge in [-0.1, -0.05) is 17.7 Å². The number of hydrogen-bond donors (Lipinski definition) is 2. The van der Waals surface area contributed by atoms with Crippen LogP contribution < -0.4 is 4.72 Å². The number of imidazole rings is 1. The molecule has 0 spiro atoms. The van der Waals surface area contributed by atoms with E-state index in [0.717, 1.165) is 0 Å². The van der Waals surface area contributed by atoms with Gasteiger partial charge in [-0.2, -0.15) is 8.42 Å². The zero-order chi connectivity index (χ0) is 12.5. The van der Waals surface area contributed by atoms with E-state index >= 15 is 0 Å². The van der Waals surface area contributed by atoms with Crippen LogP contribution in [0.1, 0.15) is 5.56 Å². The van der Waals surface area contributed by atoms with Crippen molar-refractivity contribution in [3.8, 4) is 0 Å². The van der Waals surface area contributed by atoms with Gasteiger partial charge < -0.3 is 4.98 Å². The van der Waals surface area contributed by atoms with E-state index in [0.29, 0.717) is 16.3 Å². The molecule has 1 heterocycles. The Labute approximate surface area is 104 Å². The van der Waals surface area contributed by atoms with Gasteiger partial charge in [0.2, 0.25) is 0 Å². The van der Waals surface area contributed by atoms with Crippen molar-refractivity contribution in [2.24, 2.45) is 0 Å². The number of nitrogens with one attached hydrogen (secondary N) is 2. The molecule has 2 rings (SSSR count). The summed E-state index contributed by atoms with van der Waals surface area (Å²) in [6.45, 7) is 1.74. The van der Waals surface area contributed by atoms with E-state index in [9.17, 15) is 8.42 Å². The lowest BCUT2D eigenvalue weighted by Gasteiger charge is -2.09. The van der Waals surface area contributed by atoms with E-state index in [1.165, 1.54) is 12.5 Å². The van der Waals surface area contributed by atoms with E-state index < -0.39 is 10.0 Å². The van der Waals surface area contributed by atoms with Crippen LogP contribution in [0.5, 0.6) is 0 Å². The predicted octanol–water partition coefficient (Wildman–Crippen LogP) is 2.17. The number of sulfonamides is 1. The second-order valence-electron chi connectivity index (χ2n) is 3.43. The van der Waals surface area contributed by atoms with Gasteiger partial charge in [0.25, 0.3) is 10.0 Å². The lowest BCUT2D eigenvalue weighted by molar-refractivity contribution is 0.598. The molecule has 0 saturated carbocycles. The van der Waals surface area contributed by atoms with Gasteiger partial charge in [-0.3, -0.25) is 4.72 Å². The lowest BCUT2D eigenvalue weighted by atomic mass is 10.2. The van der Waals surface area contributed by atoms with Crippen LogP contribution in [0.25, 0.3) is 0 Å². The Morgan fingerprint density at radius 2 is 2.18 bits per heavy atom. The topological polar surface area (TPSA) is 74.8 Å². The van der Waals surface area contributed by atoms with Crippen LogP contribution in [0.15, 0.2) is 35.7 Å². The summed E-state index contributed by atoms with van der Waals surface area (Å²) in [7, 11) is -3.64. The molecule has 0 bridgehead atoms. The zero-order valence-corrected chi connectivity index (χ0v) is 10.5. The van der Waals surface area contributed by atoms with Crippen molar-refractivity contribution in [3.05, 3.63) is 41.3 Å². The average molecular weight is 272 g/mol. The minimum absolute atomic E-state index is 0.0110. The summed E-state index contributed by atoms with van der Waals surface area (Å²) in [6.07, 6.45) is 2.54. The molecule has 0 aliphatic heterocycles. The van der Waals surface area contributed by atoms with Crippen LogP contribution in [0.4, 0.5) is 5.69 Å². The van der Waals surface area contributed by atoms with Crippen molar-refractivity contribution in [3.63, 3.8) is 0 Å². The number of rotatable bonds is 3. The molecule has 0 aliphatic rings. The molecular formula is C10H10ClN3O2S. The number of aromatic amines is 1. The molecule has 17 heavy (non-hydrogen) atoms. The number of anilines is 1. The molecule has 1 aromatic heterocycles. The molecule has 0 saturated heterocycles. The molecule has 2 aromatic rings.